The van der Waals surface area contributed by atoms with Crippen molar-refractivity contribution in [3.63, 3.8) is 0 Å². The number of nitrogens with zero attached hydrogens (tertiary/aromatic N) is 3. The van der Waals surface area contributed by atoms with E-state index in [0.717, 1.165) is 11.3 Å². The zero-order valence-corrected chi connectivity index (χ0v) is 34.4. The van der Waals surface area contributed by atoms with E-state index in [1.807, 2.05) is 32.9 Å². The van der Waals surface area contributed by atoms with E-state index in [0.29, 0.717) is 72.9 Å². The Bertz CT molecular complexity index is 2160. The summed E-state index contributed by atoms with van der Waals surface area (Å²) < 4.78 is 65.4. The molecule has 5 aliphatic rings. The lowest BCUT2D eigenvalue weighted by Gasteiger charge is -2.38. The van der Waals surface area contributed by atoms with E-state index in [-0.39, 0.29) is 38.1 Å². The number of ether oxygens (including phenoxy) is 2. The molecule has 3 fully saturated rings. The quantitative estimate of drug-likeness (QED) is 0.297. The Balaban J connectivity index is 1.27. The Morgan fingerprint density at radius 3 is 2.57 bits per heavy atom. The van der Waals surface area contributed by atoms with Gasteiger partial charge in [0, 0.05) is 29.8 Å². The maximum absolute atomic E-state index is 15.0. The average molecular weight is 830 g/mol. The van der Waals surface area contributed by atoms with Crippen molar-refractivity contribution in [2.24, 2.45) is 11.3 Å². The maximum atomic E-state index is 15.0. The minimum atomic E-state index is -4.05. The maximum Gasteiger partial charge on any atom is 0.407 e. The second kappa shape index (κ2) is 14.9. The van der Waals surface area contributed by atoms with Crippen LogP contribution >= 0.6 is 0 Å². The number of alkyl halides is 2. The van der Waals surface area contributed by atoms with Crippen LogP contribution in [0.3, 0.4) is 0 Å². The van der Waals surface area contributed by atoms with Crippen LogP contribution in [0.2, 0.25) is 0 Å². The van der Waals surface area contributed by atoms with Crippen LogP contribution < -0.4 is 19.5 Å². The molecule has 14 nitrogen and oxygen atoms in total. The number of nitrogens with one attached hydrogen (secondary N) is 2. The Morgan fingerprint density at radius 2 is 1.90 bits per heavy atom. The van der Waals surface area contributed by atoms with Gasteiger partial charge in [0.25, 0.3) is 5.91 Å². The number of aromatic nitrogens is 1. The van der Waals surface area contributed by atoms with Gasteiger partial charge >= 0.3 is 12.7 Å². The molecule has 5 atom stereocenters. The summed E-state index contributed by atoms with van der Waals surface area (Å²) in [5, 5.41) is 14.0. The highest BCUT2D eigenvalue weighted by atomic mass is 32.2. The smallest absolute Gasteiger partial charge is 0.407 e. The molecule has 1 aromatic heterocycles. The third kappa shape index (κ3) is 8.07. The predicted octanol–water partition coefficient (Wildman–Crippen LogP) is 5.60. The van der Waals surface area contributed by atoms with Gasteiger partial charge in [0.2, 0.25) is 21.8 Å². The van der Waals surface area contributed by atoms with E-state index >= 15 is 4.79 Å². The highest BCUT2D eigenvalue weighted by molar-refractivity contribution is 7.91. The number of allylic oxidation sites excluding steroid dienone is 1. The molecule has 1 saturated heterocycles. The van der Waals surface area contributed by atoms with Crippen molar-refractivity contribution in [2.75, 3.05) is 13.1 Å². The molecular weight excluding hydrogens is 777 g/mol. The van der Waals surface area contributed by atoms with Crippen LogP contribution in [0.5, 0.6) is 11.5 Å². The first-order chi connectivity index (χ1) is 27.2. The summed E-state index contributed by atoms with van der Waals surface area (Å²) in [5.74, 6) is -2.24. The second-order valence-electron chi connectivity index (χ2n) is 18.2. The zero-order valence-electron chi connectivity index (χ0n) is 33.6. The van der Waals surface area contributed by atoms with Gasteiger partial charge in [-0.2, -0.15) is 8.78 Å². The van der Waals surface area contributed by atoms with Gasteiger partial charge in [-0.3, -0.25) is 24.0 Å². The van der Waals surface area contributed by atoms with Gasteiger partial charge in [0.05, 0.1) is 22.5 Å². The monoisotopic (exact) mass is 829 g/mol. The Labute approximate surface area is 337 Å². The van der Waals surface area contributed by atoms with Gasteiger partial charge in [-0.25, -0.2) is 18.2 Å². The van der Waals surface area contributed by atoms with Crippen molar-refractivity contribution >= 4 is 44.7 Å². The summed E-state index contributed by atoms with van der Waals surface area (Å²) in [6.45, 7) is 5.88. The molecule has 17 heteroatoms. The molecule has 58 heavy (non-hydrogen) atoms. The topological polar surface area (TPSA) is 185 Å². The fourth-order valence-corrected chi connectivity index (χ4v) is 10.1. The summed E-state index contributed by atoms with van der Waals surface area (Å²) in [6.07, 6.45) is 6.92. The molecule has 0 unspecified atom stereocenters. The number of carbonyl (C=O) groups excluding carboxylic acids is 3. The fraction of sp³-hybridized carbons (Fsp3) is 0.634. The van der Waals surface area contributed by atoms with E-state index in [1.165, 1.54) is 17.0 Å². The van der Waals surface area contributed by atoms with Crippen LogP contribution in [0.1, 0.15) is 103 Å². The van der Waals surface area contributed by atoms with Crippen LogP contribution in [0.4, 0.5) is 13.6 Å². The molecule has 0 radical (unpaired) electrons. The van der Waals surface area contributed by atoms with E-state index in [9.17, 15) is 36.7 Å². The number of sulfonamides is 1. The lowest BCUT2D eigenvalue weighted by Crippen LogP contribution is -2.59. The highest BCUT2D eigenvalue weighted by Crippen LogP contribution is 2.49. The van der Waals surface area contributed by atoms with Crippen molar-refractivity contribution in [3.8, 4) is 11.5 Å². The summed E-state index contributed by atoms with van der Waals surface area (Å²) in [7, 11) is -4.05. The van der Waals surface area contributed by atoms with Crippen molar-refractivity contribution < 1.29 is 51.0 Å². The number of benzene rings is 1. The SMILES string of the molecule is Cc1nc2ccc(OC(F)F)cc2c2c1O[C@]1(CC2)C[C@H]2C(=O)N[C@]3(C(=O)NS(=O)(=O)C4(C)CC4)C[C@H]3/C=C\CCCCC[C@H](N(CC(C)(C)C)C(=O)O)C(=O)N2C1. The highest BCUT2D eigenvalue weighted by Gasteiger charge is 2.64. The van der Waals surface area contributed by atoms with Gasteiger partial charge < -0.3 is 24.8 Å². The first kappa shape index (κ1) is 41.6. The number of aryl methyl sites for hydroxylation is 2. The number of hydrogen-bond donors (Lipinski definition) is 3. The molecule has 1 spiro atoms. The number of amides is 4. The molecule has 3 N–H and O–H groups in total. The van der Waals surface area contributed by atoms with Gasteiger partial charge in [-0.1, -0.05) is 45.8 Å². The minimum Gasteiger partial charge on any atom is -0.483 e. The van der Waals surface area contributed by atoms with E-state index in [2.05, 4.69) is 19.8 Å². The van der Waals surface area contributed by atoms with Crippen molar-refractivity contribution in [1.29, 1.82) is 0 Å². The Morgan fingerprint density at radius 1 is 1.16 bits per heavy atom. The number of carbonyl (C=O) groups is 4. The predicted molar refractivity (Wildman–Crippen MR) is 209 cm³/mol. The van der Waals surface area contributed by atoms with E-state index in [4.69, 9.17) is 4.74 Å². The Kier molecular flexibility index (Phi) is 10.7. The summed E-state index contributed by atoms with van der Waals surface area (Å²) in [5.41, 5.74) is -1.48. The molecule has 4 heterocycles. The third-order valence-electron chi connectivity index (χ3n) is 12.4. The lowest BCUT2D eigenvalue weighted by molar-refractivity contribution is -0.143. The number of pyridine rings is 1. The molecule has 2 saturated carbocycles. The number of rotatable bonds is 7. The number of halogens is 2. The molecule has 7 rings (SSSR count). The van der Waals surface area contributed by atoms with Crippen LogP contribution in [-0.4, -0.2) is 99.8 Å². The van der Waals surface area contributed by atoms with Gasteiger partial charge in [0.15, 0.2) is 0 Å². The first-order valence-corrected chi connectivity index (χ1v) is 21.6. The summed E-state index contributed by atoms with van der Waals surface area (Å²) >= 11 is 0. The third-order valence-corrected chi connectivity index (χ3v) is 14.6. The average Bonchev–Trinajstić information content (AvgIpc) is 4.03. The molecule has 2 aliphatic carbocycles. The van der Waals surface area contributed by atoms with Gasteiger partial charge in [-0.15, -0.1) is 0 Å². The van der Waals surface area contributed by atoms with Crippen molar-refractivity contribution in [1.82, 2.24) is 24.8 Å². The van der Waals surface area contributed by atoms with Crippen LogP contribution in [0.15, 0.2) is 30.4 Å². The largest absolute Gasteiger partial charge is 0.483 e. The minimum absolute atomic E-state index is 0.0241. The first-order valence-electron chi connectivity index (χ1n) is 20.1. The number of fused-ring (bicyclic) bond motifs is 5. The number of hydrogen-bond acceptors (Lipinski definition) is 9. The standard InChI is InChI=1S/C41H53F2N5O9S/c1-24-32-27(28-19-26(56-36(42)43)13-14-29(28)44-24)15-16-40(57-32)21-31-33(49)45-41(35(51)46-58(54,55)39(5)17-18-39)20-25(41)11-9-7-6-8-10-12-30(34(50)47(31)23-40)48(37(52)53)22-38(2,3)4/h9,11,13-14,19,25,30-31,36H,6-8,10,12,15-18,20-23H2,1-5H3,(H,45,49)(H,46,51)(H,52,53)/b11-9-/t25-,30+,31+,40-,41-/m1/s1. The van der Waals surface area contributed by atoms with Crippen LogP contribution in [0, 0.1) is 18.3 Å². The van der Waals surface area contributed by atoms with Gasteiger partial charge in [-0.05, 0) is 88.8 Å². The molecule has 2 aromatic rings. The molecule has 4 amide bonds. The van der Waals surface area contributed by atoms with E-state index in [1.54, 1.807) is 19.9 Å². The molecule has 316 valence electrons. The molecule has 3 aliphatic heterocycles. The number of carboxylic acid groups (broad SMARTS) is 1. The lowest BCUT2D eigenvalue weighted by atomic mass is 9.87. The van der Waals surface area contributed by atoms with Crippen LogP contribution in [-0.2, 0) is 30.8 Å². The van der Waals surface area contributed by atoms with E-state index < -0.39 is 79.8 Å². The summed E-state index contributed by atoms with van der Waals surface area (Å²) in [6, 6.07) is 2.14. The molecule has 0 bridgehead atoms. The second-order valence-corrected chi connectivity index (χ2v) is 20.4. The Hall–Kier alpha value is -4.54. The fourth-order valence-electron chi connectivity index (χ4n) is 8.80. The van der Waals surface area contributed by atoms with Crippen molar-refractivity contribution in [2.45, 2.75) is 140 Å². The normalized spacial score (nSPS) is 28.9. The van der Waals surface area contributed by atoms with Crippen molar-refractivity contribution in [3.05, 3.63) is 41.6 Å². The zero-order chi connectivity index (χ0) is 42.0. The van der Waals surface area contributed by atoms with Gasteiger partial charge in [0.1, 0.15) is 34.7 Å². The van der Waals surface area contributed by atoms with Crippen LogP contribution in [0.25, 0.3) is 10.9 Å². The molecule has 1 aromatic carbocycles. The summed E-state index contributed by atoms with van der Waals surface area (Å²) in [4.78, 5) is 63.9. The molecular formula is C41H53F2N5O9S.